The summed E-state index contributed by atoms with van der Waals surface area (Å²) >= 11 is 3.33. The number of hydrogen-bond donors (Lipinski definition) is 2. The van der Waals surface area contributed by atoms with Gasteiger partial charge in [0.05, 0.1) is 11.4 Å². The van der Waals surface area contributed by atoms with Crippen molar-refractivity contribution in [3.8, 4) is 0 Å². The Kier molecular flexibility index (Phi) is 6.55. The van der Waals surface area contributed by atoms with E-state index in [2.05, 4.69) is 54.9 Å². The number of nitrogens with one attached hydrogen (secondary N) is 1. The van der Waals surface area contributed by atoms with Gasteiger partial charge in [-0.1, -0.05) is 0 Å². The zero-order valence-electron chi connectivity index (χ0n) is 18.5. The summed E-state index contributed by atoms with van der Waals surface area (Å²) in [6.07, 6.45) is 3.95. The first-order valence-electron chi connectivity index (χ1n) is 10.9. The van der Waals surface area contributed by atoms with E-state index in [4.69, 9.17) is 5.73 Å². The number of benzene rings is 1. The Labute approximate surface area is 192 Å². The number of rotatable bonds is 4. The molecule has 0 radical (unpaired) electrons. The number of piperazine rings is 1. The number of nitrogens with zero attached hydrogens (tertiary/aromatic N) is 5. The van der Waals surface area contributed by atoms with Gasteiger partial charge in [0.2, 0.25) is 0 Å². The van der Waals surface area contributed by atoms with Gasteiger partial charge in [-0.2, -0.15) is 0 Å². The fourth-order valence-electron chi connectivity index (χ4n) is 4.70. The Bertz CT molecular complexity index is 986. The number of nitrogen functional groups attached to an aromatic ring is 1. The maximum Gasteiger partial charge on any atom is 0.293 e. The first-order chi connectivity index (χ1) is 14.8. The number of nitrogens with two attached hydrogens (primary N) is 1. The number of halogens is 1. The van der Waals surface area contributed by atoms with Gasteiger partial charge in [-0.3, -0.25) is 9.69 Å². The largest absolute Gasteiger partial charge is 0.397 e. The van der Waals surface area contributed by atoms with E-state index in [0.29, 0.717) is 22.4 Å². The molecule has 2 fully saturated rings. The minimum absolute atomic E-state index is 0.189. The van der Waals surface area contributed by atoms with Gasteiger partial charge in [0.25, 0.3) is 5.56 Å². The van der Waals surface area contributed by atoms with Crippen molar-refractivity contribution in [2.75, 3.05) is 55.7 Å². The molecule has 2 saturated heterocycles. The van der Waals surface area contributed by atoms with Crippen LogP contribution >= 0.6 is 15.9 Å². The van der Waals surface area contributed by atoms with E-state index >= 15 is 0 Å². The van der Waals surface area contributed by atoms with E-state index in [1.807, 2.05) is 18.2 Å². The van der Waals surface area contributed by atoms with Crippen molar-refractivity contribution in [2.45, 2.75) is 31.8 Å². The third-order valence-electron chi connectivity index (χ3n) is 6.54. The average molecular weight is 490 g/mol. The maximum atomic E-state index is 12.3. The third kappa shape index (κ3) is 4.88. The predicted molar refractivity (Wildman–Crippen MR) is 130 cm³/mol. The molecule has 1 aromatic heterocycles. The van der Waals surface area contributed by atoms with Crippen LogP contribution in [0.1, 0.15) is 19.8 Å². The molecular formula is C22H32BrN7O. The predicted octanol–water partition coefficient (Wildman–Crippen LogP) is 2.47. The lowest BCUT2D eigenvalue weighted by Crippen LogP contribution is -2.54. The molecule has 9 heteroatoms. The van der Waals surface area contributed by atoms with Crippen molar-refractivity contribution < 1.29 is 0 Å². The zero-order chi connectivity index (χ0) is 22.1. The Morgan fingerprint density at radius 1 is 1.16 bits per heavy atom. The van der Waals surface area contributed by atoms with Crippen molar-refractivity contribution in [3.05, 3.63) is 39.4 Å². The molecule has 2 unspecified atom stereocenters. The van der Waals surface area contributed by atoms with E-state index in [1.165, 1.54) is 17.7 Å². The summed E-state index contributed by atoms with van der Waals surface area (Å²) in [6.45, 7) is 7.95. The Balaban J connectivity index is 1.44. The molecule has 2 atom stereocenters. The monoisotopic (exact) mass is 489 g/mol. The van der Waals surface area contributed by atoms with Crippen molar-refractivity contribution in [2.24, 2.45) is 7.05 Å². The summed E-state index contributed by atoms with van der Waals surface area (Å²) in [5, 5.41) is 3.11. The van der Waals surface area contributed by atoms with Crippen LogP contribution in [0, 0.1) is 0 Å². The van der Waals surface area contributed by atoms with Crippen LogP contribution in [-0.4, -0.2) is 71.2 Å². The third-order valence-corrected chi connectivity index (χ3v) is 6.93. The van der Waals surface area contributed by atoms with Gasteiger partial charge in [-0.05, 0) is 60.9 Å². The summed E-state index contributed by atoms with van der Waals surface area (Å²) < 4.78 is 2.09. The van der Waals surface area contributed by atoms with Gasteiger partial charge in [-0.15, -0.1) is 0 Å². The molecule has 0 spiro atoms. The SMILES string of the molecule is CC1CC(N2CCN(C)CC2)CCN1c1ccc(Nc2nc(Br)cn(C)c2=O)cc1N. The molecule has 2 aliphatic heterocycles. The van der Waals surface area contributed by atoms with Crippen LogP contribution in [0.3, 0.4) is 0 Å². The standard InChI is InChI=1S/C22H32BrN7O/c1-15-12-17(29-10-8-27(2)9-11-29)6-7-30(15)19-5-4-16(13-18(19)24)25-21-22(31)28(3)14-20(23)26-21/h4-5,13-15,17H,6-12,24H2,1-3H3,(H,25,26). The molecule has 0 aliphatic carbocycles. The van der Waals surface area contributed by atoms with Crippen LogP contribution in [0.5, 0.6) is 0 Å². The van der Waals surface area contributed by atoms with E-state index < -0.39 is 0 Å². The van der Waals surface area contributed by atoms with Crippen LogP contribution in [0.2, 0.25) is 0 Å². The van der Waals surface area contributed by atoms with Crippen molar-refractivity contribution >= 4 is 38.8 Å². The zero-order valence-corrected chi connectivity index (χ0v) is 20.1. The van der Waals surface area contributed by atoms with Gasteiger partial charge in [0.1, 0.15) is 4.60 Å². The molecule has 2 aliphatic rings. The first-order valence-corrected chi connectivity index (χ1v) is 11.7. The molecule has 3 N–H and O–H groups in total. The number of aromatic nitrogens is 2. The molecule has 1 aromatic carbocycles. The highest BCUT2D eigenvalue weighted by molar-refractivity contribution is 9.10. The average Bonchev–Trinajstić information content (AvgIpc) is 2.73. The first kappa shape index (κ1) is 22.1. The van der Waals surface area contributed by atoms with Crippen LogP contribution in [0.4, 0.5) is 22.9 Å². The van der Waals surface area contributed by atoms with Gasteiger partial charge in [0, 0.05) is 63.7 Å². The summed E-state index contributed by atoms with van der Waals surface area (Å²) in [7, 11) is 3.90. The molecule has 2 aromatic rings. The minimum atomic E-state index is -0.189. The van der Waals surface area contributed by atoms with Crippen LogP contribution in [0.25, 0.3) is 0 Å². The van der Waals surface area contributed by atoms with Gasteiger partial charge >= 0.3 is 0 Å². The highest BCUT2D eigenvalue weighted by Gasteiger charge is 2.31. The minimum Gasteiger partial charge on any atom is -0.397 e. The highest BCUT2D eigenvalue weighted by Crippen LogP contribution is 2.33. The molecule has 0 bridgehead atoms. The summed E-state index contributed by atoms with van der Waals surface area (Å²) in [6, 6.07) is 6.98. The van der Waals surface area contributed by atoms with E-state index in [9.17, 15) is 4.79 Å². The lowest BCUT2D eigenvalue weighted by Gasteiger charge is -2.45. The molecule has 0 amide bonds. The van der Waals surface area contributed by atoms with Crippen molar-refractivity contribution in [1.29, 1.82) is 0 Å². The van der Waals surface area contributed by atoms with E-state index in [1.54, 1.807) is 13.2 Å². The fraction of sp³-hybridized carbons (Fsp3) is 0.545. The number of hydrogen-bond acceptors (Lipinski definition) is 7. The Hall–Kier alpha value is -2.10. The highest BCUT2D eigenvalue weighted by atomic mass is 79.9. The normalized spacial score (nSPS) is 23.2. The second kappa shape index (κ2) is 9.18. The van der Waals surface area contributed by atoms with Crippen LogP contribution in [-0.2, 0) is 7.05 Å². The number of anilines is 4. The second-order valence-corrected chi connectivity index (χ2v) is 9.60. The summed E-state index contributed by atoms with van der Waals surface area (Å²) in [5.41, 5.74) is 8.78. The number of likely N-dealkylation sites (N-methyl/N-ethyl adjacent to an activating group) is 1. The number of aryl methyl sites for hydroxylation is 1. The van der Waals surface area contributed by atoms with Crippen molar-refractivity contribution in [1.82, 2.24) is 19.4 Å². The quantitative estimate of drug-likeness (QED) is 0.638. The van der Waals surface area contributed by atoms with Crippen LogP contribution in [0.15, 0.2) is 33.8 Å². The molecule has 4 rings (SSSR count). The topological polar surface area (TPSA) is 82.7 Å². The smallest absolute Gasteiger partial charge is 0.293 e. The van der Waals surface area contributed by atoms with Gasteiger partial charge in [0.15, 0.2) is 5.82 Å². The van der Waals surface area contributed by atoms with Gasteiger partial charge in [-0.25, -0.2) is 4.98 Å². The molecule has 168 valence electrons. The lowest BCUT2D eigenvalue weighted by molar-refractivity contribution is 0.0920. The van der Waals surface area contributed by atoms with Crippen LogP contribution < -0.4 is 21.5 Å². The fourth-order valence-corrected chi connectivity index (χ4v) is 5.19. The molecule has 0 saturated carbocycles. The summed E-state index contributed by atoms with van der Waals surface area (Å²) in [5.74, 6) is 0.269. The maximum absolute atomic E-state index is 12.3. The Morgan fingerprint density at radius 2 is 1.90 bits per heavy atom. The van der Waals surface area contributed by atoms with Crippen molar-refractivity contribution in [3.63, 3.8) is 0 Å². The second-order valence-electron chi connectivity index (χ2n) is 8.79. The summed E-state index contributed by atoms with van der Waals surface area (Å²) in [4.78, 5) is 24.1. The van der Waals surface area contributed by atoms with E-state index in [0.717, 1.165) is 43.9 Å². The molecule has 3 heterocycles. The Morgan fingerprint density at radius 3 is 2.58 bits per heavy atom. The number of piperidine rings is 1. The molecule has 8 nitrogen and oxygen atoms in total. The molecule has 31 heavy (non-hydrogen) atoms. The van der Waals surface area contributed by atoms with E-state index in [-0.39, 0.29) is 11.4 Å². The van der Waals surface area contributed by atoms with Gasteiger partial charge < -0.3 is 25.4 Å². The lowest BCUT2D eigenvalue weighted by atomic mass is 9.95. The molecular weight excluding hydrogens is 458 g/mol.